The highest BCUT2D eigenvalue weighted by molar-refractivity contribution is 6.31. The van der Waals surface area contributed by atoms with Crippen molar-refractivity contribution in [2.75, 3.05) is 6.54 Å². The third-order valence-electron chi connectivity index (χ3n) is 3.14. The van der Waals surface area contributed by atoms with E-state index in [0.29, 0.717) is 28.8 Å². The molecule has 2 rings (SSSR count). The van der Waals surface area contributed by atoms with Crippen LogP contribution in [-0.4, -0.2) is 16.7 Å². The van der Waals surface area contributed by atoms with Crippen LogP contribution < -0.4 is 5.73 Å². The van der Waals surface area contributed by atoms with Crippen molar-refractivity contribution < 1.29 is 8.91 Å². The topological polar surface area (TPSA) is 64.9 Å². The number of hydrogen-bond donors (Lipinski definition) is 1. The average molecular weight is 298 g/mol. The van der Waals surface area contributed by atoms with Crippen LogP contribution in [0.1, 0.15) is 43.0 Å². The van der Waals surface area contributed by atoms with Gasteiger partial charge in [-0.1, -0.05) is 29.7 Å². The second-order valence-electron chi connectivity index (χ2n) is 4.76. The van der Waals surface area contributed by atoms with Crippen LogP contribution >= 0.6 is 11.6 Å². The Morgan fingerprint density at radius 2 is 2.25 bits per heavy atom. The molecule has 0 saturated heterocycles. The first-order valence-electron chi connectivity index (χ1n) is 6.57. The Bertz CT molecular complexity index is 553. The molecule has 0 amide bonds. The van der Waals surface area contributed by atoms with E-state index in [1.165, 1.54) is 6.07 Å². The van der Waals surface area contributed by atoms with Crippen molar-refractivity contribution in [3.8, 4) is 0 Å². The molecular weight excluding hydrogens is 281 g/mol. The minimum atomic E-state index is -0.361. The smallest absolute Gasteiger partial charge is 0.229 e. The van der Waals surface area contributed by atoms with E-state index in [1.807, 2.05) is 6.92 Å². The molecule has 0 spiro atoms. The van der Waals surface area contributed by atoms with Crippen LogP contribution in [0.2, 0.25) is 5.02 Å². The number of nitrogens with zero attached hydrogens (tertiary/aromatic N) is 2. The molecule has 1 heterocycles. The summed E-state index contributed by atoms with van der Waals surface area (Å²) in [6, 6.07) is 4.58. The zero-order valence-corrected chi connectivity index (χ0v) is 12.0. The Morgan fingerprint density at radius 1 is 1.45 bits per heavy atom. The number of nitrogens with two attached hydrogens (primary N) is 1. The van der Waals surface area contributed by atoms with Gasteiger partial charge in [-0.05, 0) is 31.5 Å². The number of rotatable bonds is 6. The largest absolute Gasteiger partial charge is 0.339 e. The summed E-state index contributed by atoms with van der Waals surface area (Å²) < 4.78 is 18.9. The lowest BCUT2D eigenvalue weighted by Gasteiger charge is -2.04. The van der Waals surface area contributed by atoms with Crippen LogP contribution in [0, 0.1) is 5.82 Å². The highest BCUT2D eigenvalue weighted by Gasteiger charge is 2.16. The molecule has 0 aliphatic carbocycles. The van der Waals surface area contributed by atoms with Crippen molar-refractivity contribution in [2.24, 2.45) is 5.73 Å². The highest BCUT2D eigenvalue weighted by Crippen LogP contribution is 2.23. The molecule has 4 nitrogen and oxygen atoms in total. The average Bonchev–Trinajstić information content (AvgIpc) is 2.89. The quantitative estimate of drug-likeness (QED) is 0.888. The van der Waals surface area contributed by atoms with Crippen LogP contribution in [0.3, 0.4) is 0 Å². The van der Waals surface area contributed by atoms with Crippen LogP contribution in [-0.2, 0) is 6.42 Å². The van der Waals surface area contributed by atoms with Gasteiger partial charge in [0.05, 0.1) is 0 Å². The summed E-state index contributed by atoms with van der Waals surface area (Å²) in [7, 11) is 0. The minimum Gasteiger partial charge on any atom is -0.339 e. The van der Waals surface area contributed by atoms with Crippen LogP contribution in [0.4, 0.5) is 4.39 Å². The molecule has 6 heteroatoms. The molecule has 1 aromatic carbocycles. The third-order valence-corrected chi connectivity index (χ3v) is 3.50. The Labute approximate surface area is 122 Å². The van der Waals surface area contributed by atoms with Crippen molar-refractivity contribution in [3.63, 3.8) is 0 Å². The van der Waals surface area contributed by atoms with Gasteiger partial charge >= 0.3 is 0 Å². The Balaban J connectivity index is 2.10. The molecule has 108 valence electrons. The van der Waals surface area contributed by atoms with E-state index >= 15 is 0 Å². The zero-order chi connectivity index (χ0) is 14.5. The molecule has 1 atom stereocenters. The summed E-state index contributed by atoms with van der Waals surface area (Å²) in [6.07, 6.45) is 2.01. The highest BCUT2D eigenvalue weighted by atomic mass is 35.5. The van der Waals surface area contributed by atoms with Gasteiger partial charge in [0.25, 0.3) is 0 Å². The molecule has 20 heavy (non-hydrogen) atoms. The molecule has 0 bridgehead atoms. The molecular formula is C14H17ClFN3O. The van der Waals surface area contributed by atoms with Crippen LogP contribution in [0.5, 0.6) is 0 Å². The van der Waals surface area contributed by atoms with Gasteiger partial charge in [0.15, 0.2) is 5.82 Å². The molecule has 0 aliphatic heterocycles. The molecule has 0 saturated carbocycles. The maximum absolute atomic E-state index is 13.7. The summed E-state index contributed by atoms with van der Waals surface area (Å²) in [5.74, 6) is 0.781. The molecule has 2 N–H and O–H groups in total. The summed E-state index contributed by atoms with van der Waals surface area (Å²) >= 11 is 5.98. The van der Waals surface area contributed by atoms with E-state index in [0.717, 1.165) is 12.8 Å². The molecule has 0 aliphatic rings. The lowest BCUT2D eigenvalue weighted by Crippen LogP contribution is -2.02. The van der Waals surface area contributed by atoms with Gasteiger partial charge in [0.2, 0.25) is 5.89 Å². The fraction of sp³-hybridized carbons (Fsp3) is 0.429. The minimum absolute atomic E-state index is 0.149. The van der Waals surface area contributed by atoms with Gasteiger partial charge in [0.1, 0.15) is 5.82 Å². The van der Waals surface area contributed by atoms with Crippen molar-refractivity contribution in [1.82, 2.24) is 10.1 Å². The fourth-order valence-electron chi connectivity index (χ4n) is 1.95. The fourth-order valence-corrected chi connectivity index (χ4v) is 2.18. The number of halogens is 2. The number of hydrogen-bond acceptors (Lipinski definition) is 4. The third kappa shape index (κ3) is 3.55. The lowest BCUT2D eigenvalue weighted by molar-refractivity contribution is 0.348. The van der Waals surface area contributed by atoms with E-state index < -0.39 is 0 Å². The number of aromatic nitrogens is 2. The summed E-state index contributed by atoms with van der Waals surface area (Å²) in [5.41, 5.74) is 5.86. The Kier molecular flexibility index (Phi) is 5.09. The second-order valence-corrected chi connectivity index (χ2v) is 5.16. The summed E-state index contributed by atoms with van der Waals surface area (Å²) in [4.78, 5) is 4.30. The maximum atomic E-state index is 13.7. The van der Waals surface area contributed by atoms with Crippen LogP contribution in [0.25, 0.3) is 0 Å². The van der Waals surface area contributed by atoms with Gasteiger partial charge in [-0.25, -0.2) is 4.39 Å². The normalized spacial score (nSPS) is 12.6. The van der Waals surface area contributed by atoms with Gasteiger partial charge in [-0.3, -0.25) is 0 Å². The molecule has 1 unspecified atom stereocenters. The number of benzene rings is 1. The molecule has 2 aromatic rings. The van der Waals surface area contributed by atoms with Gasteiger partial charge < -0.3 is 10.3 Å². The molecule has 0 fully saturated rings. The monoisotopic (exact) mass is 297 g/mol. The molecule has 0 radical (unpaired) electrons. The second kappa shape index (κ2) is 6.81. The van der Waals surface area contributed by atoms with Crippen LogP contribution in [0.15, 0.2) is 22.7 Å². The lowest BCUT2D eigenvalue weighted by atomic mass is 10.1. The van der Waals surface area contributed by atoms with Gasteiger partial charge in [-0.15, -0.1) is 0 Å². The van der Waals surface area contributed by atoms with Crippen molar-refractivity contribution in [1.29, 1.82) is 0 Å². The van der Waals surface area contributed by atoms with E-state index in [2.05, 4.69) is 10.1 Å². The first kappa shape index (κ1) is 14.9. The maximum Gasteiger partial charge on any atom is 0.229 e. The van der Waals surface area contributed by atoms with E-state index in [9.17, 15) is 4.39 Å². The predicted octanol–water partition coefficient (Wildman–Crippen LogP) is 3.30. The van der Waals surface area contributed by atoms with Crippen molar-refractivity contribution in [2.45, 2.75) is 32.1 Å². The first-order chi connectivity index (χ1) is 9.61. The Morgan fingerprint density at radius 3 is 2.95 bits per heavy atom. The molecule has 1 aromatic heterocycles. The Hall–Kier alpha value is -1.46. The van der Waals surface area contributed by atoms with Crippen molar-refractivity contribution in [3.05, 3.63) is 46.3 Å². The standard InChI is InChI=1S/C14H17ClFN3O/c1-9(4-3-7-17)14-18-13(19-20-14)8-10-11(15)5-2-6-12(10)16/h2,5-6,9H,3-4,7-8,17H2,1H3. The van der Waals surface area contributed by atoms with Gasteiger partial charge in [-0.2, -0.15) is 4.98 Å². The first-order valence-corrected chi connectivity index (χ1v) is 6.95. The van der Waals surface area contributed by atoms with Crippen molar-refractivity contribution >= 4 is 11.6 Å². The van der Waals surface area contributed by atoms with Gasteiger partial charge in [0, 0.05) is 22.9 Å². The summed E-state index contributed by atoms with van der Waals surface area (Å²) in [6.45, 7) is 2.64. The summed E-state index contributed by atoms with van der Waals surface area (Å²) in [5, 5.41) is 4.25. The van der Waals surface area contributed by atoms with E-state index in [-0.39, 0.29) is 18.2 Å². The van der Waals surface area contributed by atoms with E-state index in [1.54, 1.807) is 12.1 Å². The zero-order valence-electron chi connectivity index (χ0n) is 11.3. The predicted molar refractivity (Wildman–Crippen MR) is 75.2 cm³/mol. The SMILES string of the molecule is CC(CCCN)c1nc(Cc2c(F)cccc2Cl)no1. The van der Waals surface area contributed by atoms with E-state index in [4.69, 9.17) is 21.9 Å².